The molecular weight excluding hydrogens is 346 g/mol. The Morgan fingerprint density at radius 3 is 2.96 bits per heavy atom. The van der Waals surface area contributed by atoms with Crippen LogP contribution in [0, 0.1) is 6.92 Å². The van der Waals surface area contributed by atoms with Gasteiger partial charge in [-0.3, -0.25) is 10.00 Å². The molecule has 0 unspecified atom stereocenters. The van der Waals surface area contributed by atoms with Crippen molar-refractivity contribution < 1.29 is 19.1 Å². The van der Waals surface area contributed by atoms with Crippen LogP contribution in [0.25, 0.3) is 11.3 Å². The number of H-pyrrole nitrogens is 1. The van der Waals surface area contributed by atoms with Crippen LogP contribution in [0.5, 0.6) is 0 Å². The second-order valence-corrected chi connectivity index (χ2v) is 6.68. The van der Waals surface area contributed by atoms with E-state index in [9.17, 15) is 9.90 Å². The first-order chi connectivity index (χ1) is 13.1. The summed E-state index contributed by atoms with van der Waals surface area (Å²) in [5.41, 5.74) is 2.92. The molecular formula is C20H21N3O4. The van der Waals surface area contributed by atoms with Gasteiger partial charge in [-0.25, -0.2) is 4.79 Å². The lowest BCUT2D eigenvalue weighted by Crippen LogP contribution is -2.38. The molecule has 7 nitrogen and oxygen atoms in total. The highest BCUT2D eigenvalue weighted by Crippen LogP contribution is 2.28. The predicted octanol–water partition coefficient (Wildman–Crippen LogP) is 3.25. The van der Waals surface area contributed by atoms with Crippen LogP contribution in [0.4, 0.5) is 0 Å². The van der Waals surface area contributed by atoms with Gasteiger partial charge >= 0.3 is 5.97 Å². The van der Waals surface area contributed by atoms with Crippen LogP contribution in [0.15, 0.2) is 47.0 Å². The van der Waals surface area contributed by atoms with Crippen molar-refractivity contribution in [2.75, 3.05) is 19.7 Å². The number of rotatable bonds is 5. The first kappa shape index (κ1) is 17.5. The number of morpholine rings is 1. The molecule has 0 saturated carbocycles. The number of ether oxygens (including phenoxy) is 1. The molecule has 2 N–H and O–H groups in total. The van der Waals surface area contributed by atoms with Gasteiger partial charge in [-0.2, -0.15) is 5.10 Å². The minimum absolute atomic E-state index is 0.0385. The second kappa shape index (κ2) is 7.38. The van der Waals surface area contributed by atoms with E-state index in [0.717, 1.165) is 30.1 Å². The average Bonchev–Trinajstić information content (AvgIpc) is 3.31. The highest BCUT2D eigenvalue weighted by Gasteiger charge is 2.25. The molecule has 0 spiro atoms. The molecule has 1 atom stereocenters. The quantitative estimate of drug-likeness (QED) is 0.719. The molecule has 7 heteroatoms. The van der Waals surface area contributed by atoms with Gasteiger partial charge in [-0.1, -0.05) is 18.2 Å². The lowest BCUT2D eigenvalue weighted by molar-refractivity contribution is -0.0369. The molecule has 0 bridgehead atoms. The number of benzene rings is 1. The van der Waals surface area contributed by atoms with Crippen LogP contribution in [-0.4, -0.2) is 45.9 Å². The Morgan fingerprint density at radius 2 is 2.19 bits per heavy atom. The largest absolute Gasteiger partial charge is 0.478 e. The summed E-state index contributed by atoms with van der Waals surface area (Å²) in [5, 5.41) is 16.5. The summed E-state index contributed by atoms with van der Waals surface area (Å²) in [6, 6.07) is 10.6. The molecule has 27 heavy (non-hydrogen) atoms. The molecule has 1 aliphatic rings. The van der Waals surface area contributed by atoms with Crippen molar-refractivity contribution in [1.29, 1.82) is 0 Å². The fourth-order valence-electron chi connectivity index (χ4n) is 3.42. The Hall–Kier alpha value is -2.90. The van der Waals surface area contributed by atoms with Gasteiger partial charge in [0.25, 0.3) is 0 Å². The van der Waals surface area contributed by atoms with E-state index in [-0.39, 0.29) is 11.7 Å². The highest BCUT2D eigenvalue weighted by atomic mass is 16.5. The summed E-state index contributed by atoms with van der Waals surface area (Å²) >= 11 is 0. The number of furan rings is 1. The first-order valence-corrected chi connectivity index (χ1v) is 8.87. The Balaban J connectivity index is 1.48. The number of nitrogens with one attached hydrogen (secondary N) is 1. The van der Waals surface area contributed by atoms with E-state index in [4.69, 9.17) is 9.15 Å². The maximum Gasteiger partial charge on any atom is 0.336 e. The maximum absolute atomic E-state index is 11.4. The highest BCUT2D eigenvalue weighted by molar-refractivity contribution is 5.95. The number of hydrogen-bond acceptors (Lipinski definition) is 5. The van der Waals surface area contributed by atoms with Crippen molar-refractivity contribution in [2.45, 2.75) is 19.6 Å². The van der Waals surface area contributed by atoms with Gasteiger partial charge < -0.3 is 14.3 Å². The van der Waals surface area contributed by atoms with E-state index in [1.54, 1.807) is 24.4 Å². The predicted molar refractivity (Wildman–Crippen MR) is 98.4 cm³/mol. The summed E-state index contributed by atoms with van der Waals surface area (Å²) in [6.07, 6.45) is 1.76. The molecule has 1 aromatic carbocycles. The number of aromatic amines is 1. The lowest BCUT2D eigenvalue weighted by atomic mass is 10.1. The van der Waals surface area contributed by atoms with E-state index in [0.29, 0.717) is 24.5 Å². The number of carbonyl (C=O) groups is 1. The van der Waals surface area contributed by atoms with Crippen molar-refractivity contribution in [1.82, 2.24) is 15.1 Å². The fraction of sp³-hybridized carbons (Fsp3) is 0.300. The molecule has 3 heterocycles. The molecule has 2 aromatic heterocycles. The van der Waals surface area contributed by atoms with Gasteiger partial charge in [-0.15, -0.1) is 0 Å². The number of aryl methyl sites for hydroxylation is 1. The zero-order valence-electron chi connectivity index (χ0n) is 15.0. The van der Waals surface area contributed by atoms with Crippen LogP contribution in [0.1, 0.15) is 33.5 Å². The summed E-state index contributed by atoms with van der Waals surface area (Å²) in [4.78, 5) is 13.7. The van der Waals surface area contributed by atoms with E-state index >= 15 is 0 Å². The van der Waals surface area contributed by atoms with E-state index in [1.807, 2.05) is 25.1 Å². The van der Waals surface area contributed by atoms with Crippen LogP contribution in [0.3, 0.4) is 0 Å². The minimum Gasteiger partial charge on any atom is -0.478 e. The lowest BCUT2D eigenvalue weighted by Gasteiger charge is -2.32. The van der Waals surface area contributed by atoms with E-state index in [1.165, 1.54) is 0 Å². The van der Waals surface area contributed by atoms with Crippen molar-refractivity contribution in [3.63, 3.8) is 0 Å². The smallest absolute Gasteiger partial charge is 0.336 e. The van der Waals surface area contributed by atoms with Crippen molar-refractivity contribution >= 4 is 5.97 Å². The summed E-state index contributed by atoms with van der Waals surface area (Å²) in [7, 11) is 0. The maximum atomic E-state index is 11.4. The third-order valence-corrected chi connectivity index (χ3v) is 4.80. The minimum atomic E-state index is -0.963. The Labute approximate surface area is 156 Å². The molecule has 1 aliphatic heterocycles. The number of carboxylic acid groups (broad SMARTS) is 1. The molecule has 0 aliphatic carbocycles. The number of aromatic carboxylic acids is 1. The fourth-order valence-corrected chi connectivity index (χ4v) is 3.42. The second-order valence-electron chi connectivity index (χ2n) is 6.68. The normalized spacial score (nSPS) is 17.9. The summed E-state index contributed by atoms with van der Waals surface area (Å²) in [5.74, 6) is 0.402. The van der Waals surface area contributed by atoms with Gasteiger partial charge in [-0.05, 0) is 30.7 Å². The van der Waals surface area contributed by atoms with E-state index in [2.05, 4.69) is 15.1 Å². The SMILES string of the molecule is Cc1cn[nH]c1[C@H]1CN(Cc2ccc(-c3ccccc3C(=O)O)o2)CCO1. The monoisotopic (exact) mass is 367 g/mol. The zero-order chi connectivity index (χ0) is 18.8. The van der Waals surface area contributed by atoms with Crippen molar-refractivity contribution in [2.24, 2.45) is 0 Å². The van der Waals surface area contributed by atoms with Crippen molar-refractivity contribution in [3.05, 3.63) is 65.2 Å². The first-order valence-electron chi connectivity index (χ1n) is 8.87. The number of carboxylic acids is 1. The van der Waals surface area contributed by atoms with Crippen LogP contribution >= 0.6 is 0 Å². The summed E-state index contributed by atoms with van der Waals surface area (Å²) in [6.45, 7) is 4.84. The van der Waals surface area contributed by atoms with Gasteiger partial charge in [0.1, 0.15) is 17.6 Å². The molecule has 4 rings (SSSR count). The van der Waals surface area contributed by atoms with Gasteiger partial charge in [0.2, 0.25) is 0 Å². The van der Waals surface area contributed by atoms with Crippen molar-refractivity contribution in [3.8, 4) is 11.3 Å². The average molecular weight is 367 g/mol. The molecule has 0 amide bonds. The number of nitrogens with zero attached hydrogens (tertiary/aromatic N) is 2. The molecule has 1 fully saturated rings. The zero-order valence-corrected chi connectivity index (χ0v) is 15.0. The third kappa shape index (κ3) is 3.65. The Bertz CT molecular complexity index is 946. The van der Waals surface area contributed by atoms with Crippen LogP contribution in [-0.2, 0) is 11.3 Å². The molecule has 140 valence electrons. The van der Waals surface area contributed by atoms with Gasteiger partial charge in [0.05, 0.1) is 30.6 Å². The standard InChI is InChI=1S/C20H21N3O4/c1-13-10-21-22-19(13)18-12-23(8-9-26-18)11-14-6-7-17(27-14)15-4-2-3-5-16(15)20(24)25/h2-7,10,18H,8-9,11-12H2,1H3,(H,21,22)(H,24,25)/t18-/m1/s1. The van der Waals surface area contributed by atoms with Gasteiger partial charge in [0, 0.05) is 18.7 Å². The molecule has 1 saturated heterocycles. The van der Waals surface area contributed by atoms with Gasteiger partial charge in [0.15, 0.2) is 0 Å². The Morgan fingerprint density at radius 1 is 1.33 bits per heavy atom. The van der Waals surface area contributed by atoms with Crippen LogP contribution in [0.2, 0.25) is 0 Å². The Kier molecular flexibility index (Phi) is 4.79. The topological polar surface area (TPSA) is 91.6 Å². The van der Waals surface area contributed by atoms with Crippen LogP contribution < -0.4 is 0 Å². The third-order valence-electron chi connectivity index (χ3n) is 4.80. The molecule has 3 aromatic rings. The molecule has 0 radical (unpaired) electrons. The summed E-state index contributed by atoms with van der Waals surface area (Å²) < 4.78 is 11.8. The number of aromatic nitrogens is 2. The van der Waals surface area contributed by atoms with E-state index < -0.39 is 5.97 Å². The number of hydrogen-bond donors (Lipinski definition) is 2.